The smallest absolute Gasteiger partial charge is 0.367 e. The zero-order valence-corrected chi connectivity index (χ0v) is 13.9. The Morgan fingerprint density at radius 3 is 1.84 bits per heavy atom. The van der Waals surface area contributed by atoms with E-state index < -0.39 is 10.3 Å². The van der Waals surface area contributed by atoms with Crippen LogP contribution in [0.3, 0.4) is 0 Å². The lowest BCUT2D eigenvalue weighted by Crippen LogP contribution is -2.15. The molecule has 0 atom stereocenters. The molecule has 0 bridgehead atoms. The van der Waals surface area contributed by atoms with E-state index in [1.165, 1.54) is 0 Å². The van der Waals surface area contributed by atoms with Gasteiger partial charge in [0.05, 0.1) is 5.69 Å². The summed E-state index contributed by atoms with van der Waals surface area (Å²) in [5.41, 5.74) is 2.79. The van der Waals surface area contributed by atoms with E-state index in [0.717, 1.165) is 11.1 Å². The third-order valence-corrected chi connectivity index (χ3v) is 4.92. The van der Waals surface area contributed by atoms with Gasteiger partial charge in [-0.05, 0) is 36.4 Å². The molecule has 0 fully saturated rings. The highest BCUT2D eigenvalue weighted by atomic mass is 32.2. The summed E-state index contributed by atoms with van der Waals surface area (Å²) in [5, 5.41) is 0. The molecule has 1 aliphatic heterocycles. The van der Waals surface area contributed by atoms with Gasteiger partial charge in [-0.15, -0.1) is 10.8 Å². The summed E-state index contributed by atoms with van der Waals surface area (Å²) >= 11 is 0. The lowest BCUT2D eigenvalue weighted by molar-refractivity contribution is 0.454. The van der Waals surface area contributed by atoms with E-state index in [1.54, 1.807) is 36.4 Å². The Morgan fingerprint density at radius 1 is 0.800 bits per heavy atom. The van der Waals surface area contributed by atoms with Crippen LogP contribution in [0.5, 0.6) is 11.5 Å². The van der Waals surface area contributed by atoms with E-state index in [4.69, 9.17) is 14.8 Å². The van der Waals surface area contributed by atoms with Gasteiger partial charge >= 0.3 is 10.3 Å². The number of para-hydroxylation sites is 2. The summed E-state index contributed by atoms with van der Waals surface area (Å²) in [6.07, 6.45) is 5.35. The fraction of sp³-hybridized carbons (Fsp3) is 0. The SMILES string of the molecule is C#Cc1ccc(N=S2(=O)Oc3ccccc3-c3ccccc3O2)cc1. The van der Waals surface area contributed by atoms with E-state index in [2.05, 4.69) is 10.3 Å². The molecule has 4 nitrogen and oxygen atoms in total. The standard InChI is InChI=1S/C20H13NO3S/c1-2-15-11-13-16(14-12-15)21-25(22)23-19-9-5-3-7-17(19)18-8-4-6-10-20(18)24-25/h1,3-14H. The van der Waals surface area contributed by atoms with Crippen molar-refractivity contribution in [3.05, 3.63) is 78.4 Å². The van der Waals surface area contributed by atoms with Crippen molar-refractivity contribution >= 4 is 16.0 Å². The Morgan fingerprint density at radius 2 is 1.32 bits per heavy atom. The topological polar surface area (TPSA) is 47.9 Å². The molecule has 0 unspecified atom stereocenters. The predicted molar refractivity (Wildman–Crippen MR) is 97.7 cm³/mol. The van der Waals surface area contributed by atoms with Gasteiger partial charge in [0.2, 0.25) is 0 Å². The highest BCUT2D eigenvalue weighted by Gasteiger charge is 2.24. The van der Waals surface area contributed by atoms with Gasteiger partial charge in [0.15, 0.2) is 11.5 Å². The van der Waals surface area contributed by atoms with Gasteiger partial charge < -0.3 is 8.37 Å². The van der Waals surface area contributed by atoms with Crippen LogP contribution in [0.2, 0.25) is 0 Å². The number of fused-ring (bicyclic) bond motifs is 3. The first-order valence-corrected chi connectivity index (χ1v) is 8.94. The van der Waals surface area contributed by atoms with Gasteiger partial charge in [-0.1, -0.05) is 42.3 Å². The van der Waals surface area contributed by atoms with E-state index in [9.17, 15) is 4.21 Å². The van der Waals surface area contributed by atoms with Crippen LogP contribution in [0.25, 0.3) is 11.1 Å². The molecule has 0 amide bonds. The number of hydrogen-bond acceptors (Lipinski definition) is 4. The van der Waals surface area contributed by atoms with Crippen LogP contribution in [-0.4, -0.2) is 4.21 Å². The van der Waals surface area contributed by atoms with Crippen LogP contribution >= 0.6 is 0 Å². The summed E-state index contributed by atoms with van der Waals surface area (Å²) in [6, 6.07) is 21.5. The summed E-state index contributed by atoms with van der Waals surface area (Å²) in [6.45, 7) is 0. The van der Waals surface area contributed by atoms with Crippen LogP contribution < -0.4 is 8.37 Å². The lowest BCUT2D eigenvalue weighted by Gasteiger charge is -2.10. The van der Waals surface area contributed by atoms with Crippen molar-refractivity contribution in [2.45, 2.75) is 0 Å². The van der Waals surface area contributed by atoms with Crippen molar-refractivity contribution in [3.8, 4) is 35.0 Å². The minimum absolute atomic E-state index is 0.459. The molecule has 0 spiro atoms. The first-order chi connectivity index (χ1) is 12.2. The summed E-state index contributed by atoms with van der Waals surface area (Å²) in [4.78, 5) is 0. The highest BCUT2D eigenvalue weighted by molar-refractivity contribution is 7.85. The molecule has 25 heavy (non-hydrogen) atoms. The van der Waals surface area contributed by atoms with Gasteiger partial charge in [0, 0.05) is 16.7 Å². The minimum Gasteiger partial charge on any atom is -0.367 e. The maximum atomic E-state index is 13.2. The molecule has 0 radical (unpaired) electrons. The summed E-state index contributed by atoms with van der Waals surface area (Å²) < 4.78 is 28.8. The second-order valence-corrected chi connectivity index (χ2v) is 6.74. The third kappa shape index (κ3) is 2.95. The Hall–Kier alpha value is -3.23. The number of nitrogens with zero attached hydrogens (tertiary/aromatic N) is 1. The zero-order chi connectivity index (χ0) is 17.3. The van der Waals surface area contributed by atoms with Crippen molar-refractivity contribution in [1.29, 1.82) is 0 Å². The Bertz CT molecular complexity index is 1050. The van der Waals surface area contributed by atoms with Crippen LogP contribution in [-0.2, 0) is 10.3 Å². The second-order valence-electron chi connectivity index (χ2n) is 5.37. The van der Waals surface area contributed by atoms with Gasteiger partial charge in [-0.3, -0.25) is 0 Å². The molecule has 0 aromatic heterocycles. The molecule has 122 valence electrons. The van der Waals surface area contributed by atoms with Crippen molar-refractivity contribution in [2.24, 2.45) is 4.36 Å². The fourth-order valence-corrected chi connectivity index (χ4v) is 3.79. The first kappa shape index (κ1) is 15.3. The van der Waals surface area contributed by atoms with Gasteiger partial charge in [-0.2, -0.15) is 4.21 Å². The molecule has 0 aliphatic carbocycles. The van der Waals surface area contributed by atoms with Gasteiger partial charge in [-0.25, -0.2) is 0 Å². The molecule has 1 heterocycles. The third-order valence-electron chi connectivity index (χ3n) is 3.71. The van der Waals surface area contributed by atoms with Crippen molar-refractivity contribution < 1.29 is 12.6 Å². The summed E-state index contributed by atoms with van der Waals surface area (Å²) in [7, 11) is -3.45. The monoisotopic (exact) mass is 347 g/mol. The second kappa shape index (κ2) is 6.00. The maximum absolute atomic E-state index is 13.2. The molecule has 1 aliphatic rings. The summed E-state index contributed by atoms with van der Waals surface area (Å²) in [5.74, 6) is 3.45. The zero-order valence-electron chi connectivity index (χ0n) is 13.1. The molecular formula is C20H13NO3S. The number of hydrogen-bond donors (Lipinski definition) is 0. The Labute approximate surface area is 146 Å². The van der Waals surface area contributed by atoms with Crippen LogP contribution in [0.15, 0.2) is 77.2 Å². The fourth-order valence-electron chi connectivity index (χ4n) is 2.55. The van der Waals surface area contributed by atoms with Crippen LogP contribution in [0.1, 0.15) is 5.56 Å². The molecule has 3 aromatic rings. The Balaban J connectivity index is 1.88. The van der Waals surface area contributed by atoms with E-state index in [-0.39, 0.29) is 0 Å². The van der Waals surface area contributed by atoms with E-state index >= 15 is 0 Å². The minimum atomic E-state index is -3.45. The molecule has 0 saturated carbocycles. The largest absolute Gasteiger partial charge is 0.393 e. The van der Waals surface area contributed by atoms with E-state index in [1.807, 2.05) is 36.4 Å². The van der Waals surface area contributed by atoms with Crippen LogP contribution in [0, 0.1) is 12.3 Å². The predicted octanol–water partition coefficient (Wildman–Crippen LogP) is 4.74. The molecule has 0 N–H and O–H groups in total. The molecule has 5 heteroatoms. The molecule has 3 aromatic carbocycles. The average molecular weight is 347 g/mol. The number of rotatable bonds is 1. The van der Waals surface area contributed by atoms with Crippen LogP contribution in [0.4, 0.5) is 5.69 Å². The van der Waals surface area contributed by atoms with Crippen molar-refractivity contribution in [1.82, 2.24) is 0 Å². The number of terminal acetylenes is 1. The van der Waals surface area contributed by atoms with E-state index in [0.29, 0.717) is 22.7 Å². The molecular weight excluding hydrogens is 334 g/mol. The normalized spacial score (nSPS) is 13.9. The van der Waals surface area contributed by atoms with Gasteiger partial charge in [0.25, 0.3) is 0 Å². The lowest BCUT2D eigenvalue weighted by atomic mass is 10.0. The average Bonchev–Trinajstić information content (AvgIpc) is 2.75. The van der Waals surface area contributed by atoms with Crippen molar-refractivity contribution in [2.75, 3.05) is 0 Å². The first-order valence-electron chi connectivity index (χ1n) is 7.58. The molecule has 0 saturated heterocycles. The number of benzene rings is 3. The molecule has 4 rings (SSSR count). The van der Waals surface area contributed by atoms with Crippen molar-refractivity contribution in [3.63, 3.8) is 0 Å². The highest BCUT2D eigenvalue weighted by Crippen LogP contribution is 2.41. The Kier molecular flexibility index (Phi) is 3.68. The quantitative estimate of drug-likeness (QED) is 0.598. The maximum Gasteiger partial charge on any atom is 0.393 e. The van der Waals surface area contributed by atoms with Gasteiger partial charge in [0.1, 0.15) is 0 Å².